The molecule has 0 aliphatic rings. The molecule has 2 aromatic heterocycles. The van der Waals surface area contributed by atoms with Crippen LogP contribution in [0.15, 0.2) is 23.8 Å². The Labute approximate surface area is 101 Å². The molecule has 0 fully saturated rings. The molecule has 0 bridgehead atoms. The second-order valence-corrected chi connectivity index (χ2v) is 4.15. The highest BCUT2D eigenvalue weighted by molar-refractivity contribution is 7.09. The summed E-state index contributed by atoms with van der Waals surface area (Å²) in [6, 6.07) is 1.36. The van der Waals surface area contributed by atoms with E-state index in [-0.39, 0.29) is 5.69 Å². The Balaban J connectivity index is 1.90. The van der Waals surface area contributed by atoms with Gasteiger partial charge in [-0.1, -0.05) is 0 Å². The first-order valence-electron chi connectivity index (χ1n) is 4.94. The van der Waals surface area contributed by atoms with Crippen LogP contribution in [0, 0.1) is 0 Å². The average Bonchev–Trinajstić information content (AvgIpc) is 2.82. The number of aromatic nitrogens is 3. The normalized spacial score (nSPS) is 10.1. The summed E-state index contributed by atoms with van der Waals surface area (Å²) < 4.78 is 0. The van der Waals surface area contributed by atoms with E-state index < -0.39 is 5.97 Å². The van der Waals surface area contributed by atoms with Crippen molar-refractivity contribution in [1.29, 1.82) is 0 Å². The molecule has 0 saturated carbocycles. The number of carbonyl (C=O) groups is 1. The van der Waals surface area contributed by atoms with Crippen LogP contribution in [0.3, 0.4) is 0 Å². The van der Waals surface area contributed by atoms with Crippen LogP contribution in [-0.4, -0.2) is 32.6 Å². The maximum atomic E-state index is 10.7. The van der Waals surface area contributed by atoms with Crippen molar-refractivity contribution in [3.8, 4) is 0 Å². The number of carboxylic acids is 1. The van der Waals surface area contributed by atoms with Gasteiger partial charge >= 0.3 is 5.97 Å². The molecule has 0 aromatic carbocycles. The number of nitrogens with zero attached hydrogens (tertiary/aromatic N) is 3. The lowest BCUT2D eigenvalue weighted by atomic mass is 10.4. The number of rotatable bonds is 5. The number of nitrogens with one attached hydrogen (secondary N) is 1. The quantitative estimate of drug-likeness (QED) is 0.831. The monoisotopic (exact) mass is 250 g/mol. The van der Waals surface area contributed by atoms with Crippen LogP contribution >= 0.6 is 11.3 Å². The van der Waals surface area contributed by atoms with Crippen LogP contribution in [0.1, 0.15) is 15.5 Å². The van der Waals surface area contributed by atoms with E-state index in [4.69, 9.17) is 5.11 Å². The van der Waals surface area contributed by atoms with E-state index in [1.807, 2.05) is 5.38 Å². The van der Waals surface area contributed by atoms with Crippen LogP contribution in [0.5, 0.6) is 0 Å². The molecule has 17 heavy (non-hydrogen) atoms. The second kappa shape index (κ2) is 5.35. The summed E-state index contributed by atoms with van der Waals surface area (Å²) in [6.07, 6.45) is 3.93. The van der Waals surface area contributed by atoms with Crippen molar-refractivity contribution in [3.63, 3.8) is 0 Å². The predicted molar refractivity (Wildman–Crippen MR) is 63.3 cm³/mol. The van der Waals surface area contributed by atoms with E-state index in [1.165, 1.54) is 12.3 Å². The van der Waals surface area contributed by atoms with Gasteiger partial charge in [-0.3, -0.25) is 0 Å². The largest absolute Gasteiger partial charge is 0.477 e. The van der Waals surface area contributed by atoms with Crippen molar-refractivity contribution in [3.05, 3.63) is 34.5 Å². The minimum Gasteiger partial charge on any atom is -0.477 e. The average molecular weight is 250 g/mol. The van der Waals surface area contributed by atoms with E-state index >= 15 is 0 Å². The van der Waals surface area contributed by atoms with E-state index in [9.17, 15) is 4.79 Å². The summed E-state index contributed by atoms with van der Waals surface area (Å²) in [5.41, 5.74) is -0.0169. The lowest BCUT2D eigenvalue weighted by Crippen LogP contribution is -2.10. The first kappa shape index (κ1) is 11.5. The molecule has 88 valence electrons. The fraction of sp³-hybridized carbons (Fsp3) is 0.200. The van der Waals surface area contributed by atoms with Gasteiger partial charge in [0.05, 0.1) is 5.01 Å². The highest BCUT2D eigenvalue weighted by Crippen LogP contribution is 2.05. The summed E-state index contributed by atoms with van der Waals surface area (Å²) in [5, 5.41) is 14.7. The fourth-order valence-electron chi connectivity index (χ4n) is 1.22. The van der Waals surface area contributed by atoms with Crippen LogP contribution in [0.4, 0.5) is 5.95 Å². The molecule has 0 radical (unpaired) electrons. The minimum absolute atomic E-state index is 0.0169. The zero-order valence-corrected chi connectivity index (χ0v) is 9.65. The summed E-state index contributed by atoms with van der Waals surface area (Å²) >= 11 is 1.58. The Hall–Kier alpha value is -2.02. The molecule has 0 amide bonds. The van der Waals surface area contributed by atoms with Crippen molar-refractivity contribution < 1.29 is 9.90 Å². The summed E-state index contributed by atoms with van der Waals surface area (Å²) in [4.78, 5) is 22.6. The molecular formula is C10H10N4O2S. The van der Waals surface area contributed by atoms with Crippen LogP contribution < -0.4 is 5.32 Å². The molecule has 2 aromatic rings. The Kier molecular flexibility index (Phi) is 3.61. The molecular weight excluding hydrogens is 240 g/mol. The van der Waals surface area contributed by atoms with Crippen LogP contribution in [0.2, 0.25) is 0 Å². The van der Waals surface area contributed by atoms with E-state index in [2.05, 4.69) is 20.3 Å². The lowest BCUT2D eigenvalue weighted by Gasteiger charge is -2.03. The third-order valence-electron chi connectivity index (χ3n) is 1.98. The van der Waals surface area contributed by atoms with Gasteiger partial charge in [0, 0.05) is 30.7 Å². The molecule has 6 nitrogen and oxygen atoms in total. The molecule has 2 N–H and O–H groups in total. The molecule has 0 aliphatic heterocycles. The first-order chi connectivity index (χ1) is 8.25. The Morgan fingerprint density at radius 2 is 2.29 bits per heavy atom. The van der Waals surface area contributed by atoms with Gasteiger partial charge in [0.25, 0.3) is 0 Å². The zero-order valence-electron chi connectivity index (χ0n) is 8.83. The number of carboxylic acid groups (broad SMARTS) is 1. The number of anilines is 1. The van der Waals surface area contributed by atoms with E-state index in [1.54, 1.807) is 17.5 Å². The summed E-state index contributed by atoms with van der Waals surface area (Å²) in [5.74, 6) is -0.739. The van der Waals surface area contributed by atoms with Crippen molar-refractivity contribution in [2.45, 2.75) is 6.42 Å². The van der Waals surface area contributed by atoms with Crippen LogP contribution in [0.25, 0.3) is 0 Å². The summed E-state index contributed by atoms with van der Waals surface area (Å²) in [7, 11) is 0. The van der Waals surface area contributed by atoms with Gasteiger partial charge in [0.1, 0.15) is 0 Å². The fourth-order valence-corrected chi connectivity index (χ4v) is 1.84. The predicted octanol–water partition coefficient (Wildman–Crippen LogP) is 1.29. The van der Waals surface area contributed by atoms with E-state index in [0.717, 1.165) is 11.4 Å². The minimum atomic E-state index is -1.06. The van der Waals surface area contributed by atoms with Gasteiger partial charge in [0.2, 0.25) is 5.95 Å². The smallest absolute Gasteiger partial charge is 0.354 e. The highest BCUT2D eigenvalue weighted by atomic mass is 32.1. The lowest BCUT2D eigenvalue weighted by molar-refractivity contribution is 0.0690. The van der Waals surface area contributed by atoms with Gasteiger partial charge in [-0.15, -0.1) is 11.3 Å². The SMILES string of the molecule is O=C(O)c1ccnc(NCCc2nccs2)n1. The Morgan fingerprint density at radius 1 is 1.41 bits per heavy atom. The Bertz CT molecular complexity index is 501. The van der Waals surface area contributed by atoms with Crippen molar-refractivity contribution in [2.24, 2.45) is 0 Å². The molecule has 0 saturated heterocycles. The highest BCUT2D eigenvalue weighted by Gasteiger charge is 2.05. The third kappa shape index (κ3) is 3.22. The van der Waals surface area contributed by atoms with Gasteiger partial charge in [-0.25, -0.2) is 19.7 Å². The van der Waals surface area contributed by atoms with Gasteiger partial charge in [-0.2, -0.15) is 0 Å². The summed E-state index contributed by atoms with van der Waals surface area (Å²) in [6.45, 7) is 0.622. The molecule has 2 rings (SSSR count). The second-order valence-electron chi connectivity index (χ2n) is 3.17. The molecule has 7 heteroatoms. The number of hydrogen-bond acceptors (Lipinski definition) is 6. The molecule has 0 unspecified atom stereocenters. The van der Waals surface area contributed by atoms with Crippen LogP contribution in [-0.2, 0) is 6.42 Å². The van der Waals surface area contributed by atoms with Gasteiger partial charge in [-0.05, 0) is 6.07 Å². The topological polar surface area (TPSA) is 88.0 Å². The molecule has 2 heterocycles. The Morgan fingerprint density at radius 3 is 3.00 bits per heavy atom. The van der Waals surface area contributed by atoms with Crippen molar-refractivity contribution in [1.82, 2.24) is 15.0 Å². The molecule has 0 aliphatic carbocycles. The zero-order chi connectivity index (χ0) is 12.1. The standard InChI is InChI=1S/C10H10N4O2S/c15-9(16)7-1-3-12-10(14-7)13-4-2-8-11-5-6-17-8/h1,3,5-6H,2,4H2,(H,15,16)(H,12,13,14). The maximum Gasteiger partial charge on any atom is 0.354 e. The van der Waals surface area contributed by atoms with Crippen molar-refractivity contribution in [2.75, 3.05) is 11.9 Å². The van der Waals surface area contributed by atoms with Gasteiger partial charge < -0.3 is 10.4 Å². The number of aromatic carboxylic acids is 1. The number of thiazole rings is 1. The third-order valence-corrected chi connectivity index (χ3v) is 2.82. The number of hydrogen-bond donors (Lipinski definition) is 2. The molecule has 0 atom stereocenters. The maximum absolute atomic E-state index is 10.7. The molecule has 0 spiro atoms. The van der Waals surface area contributed by atoms with E-state index in [0.29, 0.717) is 12.5 Å². The first-order valence-corrected chi connectivity index (χ1v) is 5.82. The van der Waals surface area contributed by atoms with Crippen molar-refractivity contribution >= 4 is 23.3 Å². The van der Waals surface area contributed by atoms with Gasteiger partial charge in [0.15, 0.2) is 5.69 Å².